The molecule has 0 spiro atoms. The molecule has 0 saturated carbocycles. The lowest BCUT2D eigenvalue weighted by molar-refractivity contribution is -0.137. The second kappa shape index (κ2) is 5.33. The van der Waals surface area contributed by atoms with Gasteiger partial charge < -0.3 is 15.7 Å². The van der Waals surface area contributed by atoms with Crippen molar-refractivity contribution in [3.8, 4) is 0 Å². The van der Waals surface area contributed by atoms with Gasteiger partial charge in [-0.1, -0.05) is 0 Å². The van der Waals surface area contributed by atoms with Crippen molar-refractivity contribution in [3.05, 3.63) is 29.8 Å². The van der Waals surface area contributed by atoms with Gasteiger partial charge in [0, 0.05) is 12.2 Å². The maximum Gasteiger partial charge on any atom is 0.416 e. The van der Waals surface area contributed by atoms with Crippen LogP contribution in [0.1, 0.15) is 5.56 Å². The first-order valence-corrected chi connectivity index (χ1v) is 5.12. The van der Waals surface area contributed by atoms with Crippen LogP contribution in [0, 0.1) is 0 Å². The average Bonchev–Trinajstić information content (AvgIpc) is 2.24. The Morgan fingerprint density at radius 3 is 2.18 bits per heavy atom. The minimum Gasteiger partial charge on any atom is -0.395 e. The van der Waals surface area contributed by atoms with Crippen LogP contribution >= 0.6 is 12.2 Å². The number of rotatable bonds is 3. The van der Waals surface area contributed by atoms with Gasteiger partial charge in [-0.3, -0.25) is 0 Å². The lowest BCUT2D eigenvalue weighted by Gasteiger charge is -2.22. The number of hydrogen-bond acceptors (Lipinski definition) is 2. The average molecular weight is 264 g/mol. The molecule has 17 heavy (non-hydrogen) atoms. The number of alkyl halides is 3. The number of hydrogen-bond donors (Lipinski definition) is 2. The van der Waals surface area contributed by atoms with E-state index in [1.165, 1.54) is 17.0 Å². The molecular formula is C10H11F3N2OS. The van der Waals surface area contributed by atoms with Crippen molar-refractivity contribution in [2.24, 2.45) is 5.73 Å². The van der Waals surface area contributed by atoms with Gasteiger partial charge >= 0.3 is 6.18 Å². The zero-order valence-corrected chi connectivity index (χ0v) is 9.55. The van der Waals surface area contributed by atoms with Gasteiger partial charge in [0.25, 0.3) is 0 Å². The van der Waals surface area contributed by atoms with Crippen LogP contribution in [0.4, 0.5) is 18.9 Å². The highest BCUT2D eigenvalue weighted by molar-refractivity contribution is 7.80. The van der Waals surface area contributed by atoms with Gasteiger partial charge in [-0.2, -0.15) is 13.2 Å². The van der Waals surface area contributed by atoms with E-state index in [1.54, 1.807) is 0 Å². The number of nitrogens with zero attached hydrogens (tertiary/aromatic N) is 1. The third-order valence-corrected chi connectivity index (χ3v) is 2.32. The fraction of sp³-hybridized carbons (Fsp3) is 0.300. The van der Waals surface area contributed by atoms with Gasteiger partial charge in [0.1, 0.15) is 0 Å². The number of halogens is 3. The molecular weight excluding hydrogens is 253 g/mol. The molecule has 0 aliphatic rings. The normalized spacial score (nSPS) is 11.3. The van der Waals surface area contributed by atoms with E-state index >= 15 is 0 Å². The summed E-state index contributed by atoms with van der Waals surface area (Å²) in [6, 6.07) is 4.41. The molecule has 0 amide bonds. The Morgan fingerprint density at radius 1 is 1.29 bits per heavy atom. The monoisotopic (exact) mass is 264 g/mol. The fourth-order valence-electron chi connectivity index (χ4n) is 1.30. The van der Waals surface area contributed by atoms with Crippen molar-refractivity contribution in [2.45, 2.75) is 6.18 Å². The lowest BCUT2D eigenvalue weighted by atomic mass is 10.2. The van der Waals surface area contributed by atoms with Crippen LogP contribution in [-0.4, -0.2) is 23.4 Å². The standard InChI is InChI=1S/C10H11F3N2OS/c11-10(12,13)7-1-3-8(4-2-7)15(5-6-16)9(14)17/h1-4,16H,5-6H2,(H2,14,17). The minimum atomic E-state index is -4.37. The molecule has 0 aliphatic carbocycles. The molecule has 0 aliphatic heterocycles. The molecule has 3 N–H and O–H groups in total. The Labute approximate surface area is 102 Å². The quantitative estimate of drug-likeness (QED) is 0.817. The van der Waals surface area contributed by atoms with Crippen molar-refractivity contribution < 1.29 is 18.3 Å². The molecule has 0 heterocycles. The smallest absolute Gasteiger partial charge is 0.395 e. The van der Waals surface area contributed by atoms with E-state index in [0.29, 0.717) is 5.69 Å². The molecule has 1 aromatic carbocycles. The SMILES string of the molecule is NC(=S)N(CCO)c1ccc(C(F)(F)F)cc1. The predicted octanol–water partition coefficient (Wildman–Crippen LogP) is 1.75. The molecule has 7 heteroatoms. The summed E-state index contributed by atoms with van der Waals surface area (Å²) in [6.07, 6.45) is -4.37. The van der Waals surface area contributed by atoms with Crippen molar-refractivity contribution in [3.63, 3.8) is 0 Å². The molecule has 1 rings (SSSR count). The van der Waals surface area contributed by atoms with Gasteiger partial charge in [-0.05, 0) is 36.5 Å². The third-order valence-electron chi connectivity index (χ3n) is 2.10. The molecule has 0 atom stereocenters. The topological polar surface area (TPSA) is 49.5 Å². The molecule has 94 valence electrons. The van der Waals surface area contributed by atoms with Crippen LogP contribution in [-0.2, 0) is 6.18 Å². The first-order valence-electron chi connectivity index (χ1n) is 4.71. The first-order chi connectivity index (χ1) is 7.86. The second-order valence-electron chi connectivity index (χ2n) is 3.26. The number of anilines is 1. The van der Waals surface area contributed by atoms with Crippen LogP contribution < -0.4 is 10.6 Å². The zero-order chi connectivity index (χ0) is 13.1. The van der Waals surface area contributed by atoms with Crippen LogP contribution in [0.2, 0.25) is 0 Å². The summed E-state index contributed by atoms with van der Waals surface area (Å²) >= 11 is 4.74. The summed E-state index contributed by atoms with van der Waals surface area (Å²) < 4.78 is 37.0. The van der Waals surface area contributed by atoms with Crippen molar-refractivity contribution in [2.75, 3.05) is 18.1 Å². The predicted molar refractivity (Wildman–Crippen MR) is 62.7 cm³/mol. The number of aliphatic hydroxyl groups excluding tert-OH is 1. The molecule has 0 saturated heterocycles. The van der Waals surface area contributed by atoms with Crippen molar-refractivity contribution >= 4 is 23.0 Å². The highest BCUT2D eigenvalue weighted by atomic mass is 32.1. The highest BCUT2D eigenvalue weighted by Crippen LogP contribution is 2.30. The molecule has 0 fully saturated rings. The minimum absolute atomic E-state index is 0.00110. The highest BCUT2D eigenvalue weighted by Gasteiger charge is 2.30. The van der Waals surface area contributed by atoms with Gasteiger partial charge in [0.05, 0.1) is 12.2 Å². The van der Waals surface area contributed by atoms with Crippen LogP contribution in [0.5, 0.6) is 0 Å². The maximum absolute atomic E-state index is 12.3. The molecule has 3 nitrogen and oxygen atoms in total. The first kappa shape index (κ1) is 13.7. The van der Waals surface area contributed by atoms with Crippen LogP contribution in [0.3, 0.4) is 0 Å². The number of aliphatic hydroxyl groups is 1. The summed E-state index contributed by atoms with van der Waals surface area (Å²) in [5.74, 6) is 0. The Morgan fingerprint density at radius 2 is 1.82 bits per heavy atom. The largest absolute Gasteiger partial charge is 0.416 e. The van der Waals surface area contributed by atoms with E-state index in [1.807, 2.05) is 0 Å². The Balaban J connectivity index is 2.96. The molecule has 0 bridgehead atoms. The molecule has 0 aromatic heterocycles. The summed E-state index contributed by atoms with van der Waals surface area (Å²) in [7, 11) is 0. The van der Waals surface area contributed by atoms with E-state index < -0.39 is 11.7 Å². The summed E-state index contributed by atoms with van der Waals surface area (Å²) in [6.45, 7) is -0.0565. The Hall–Kier alpha value is -1.34. The van der Waals surface area contributed by atoms with Gasteiger partial charge in [-0.25, -0.2) is 0 Å². The van der Waals surface area contributed by atoms with E-state index in [4.69, 9.17) is 23.1 Å². The second-order valence-corrected chi connectivity index (χ2v) is 3.68. The zero-order valence-electron chi connectivity index (χ0n) is 8.74. The van der Waals surface area contributed by atoms with Crippen molar-refractivity contribution in [1.82, 2.24) is 0 Å². The van der Waals surface area contributed by atoms with Gasteiger partial charge in [-0.15, -0.1) is 0 Å². The molecule has 0 radical (unpaired) electrons. The lowest BCUT2D eigenvalue weighted by Crippen LogP contribution is -2.37. The Bertz CT molecular complexity index is 392. The van der Waals surface area contributed by atoms with E-state index in [9.17, 15) is 13.2 Å². The van der Waals surface area contributed by atoms with Crippen LogP contribution in [0.25, 0.3) is 0 Å². The van der Waals surface area contributed by atoms with E-state index in [2.05, 4.69) is 0 Å². The molecule has 0 unspecified atom stereocenters. The molecule has 1 aromatic rings. The van der Waals surface area contributed by atoms with E-state index in [-0.39, 0.29) is 18.3 Å². The third kappa shape index (κ3) is 3.57. The Kier molecular flexibility index (Phi) is 4.30. The maximum atomic E-state index is 12.3. The number of benzene rings is 1. The van der Waals surface area contributed by atoms with E-state index in [0.717, 1.165) is 12.1 Å². The van der Waals surface area contributed by atoms with Crippen molar-refractivity contribution in [1.29, 1.82) is 0 Å². The van der Waals surface area contributed by atoms with Gasteiger partial charge in [0.2, 0.25) is 0 Å². The number of nitrogens with two attached hydrogens (primary N) is 1. The van der Waals surface area contributed by atoms with Crippen LogP contribution in [0.15, 0.2) is 24.3 Å². The number of thiocarbonyl (C=S) groups is 1. The summed E-state index contributed by atoms with van der Waals surface area (Å²) in [5.41, 5.74) is 5.08. The summed E-state index contributed by atoms with van der Waals surface area (Å²) in [5, 5.41) is 8.79. The summed E-state index contributed by atoms with van der Waals surface area (Å²) in [4.78, 5) is 1.36. The van der Waals surface area contributed by atoms with Gasteiger partial charge in [0.15, 0.2) is 5.11 Å². The fourth-order valence-corrected chi connectivity index (χ4v) is 1.49.